The smallest absolute Gasteiger partial charge is 0.237 e. The minimum absolute atomic E-state index is 0.0466. The summed E-state index contributed by atoms with van der Waals surface area (Å²) in [6.07, 6.45) is 4.70. The lowest BCUT2D eigenvalue weighted by molar-refractivity contribution is -0.123. The fourth-order valence-electron chi connectivity index (χ4n) is 3.04. The summed E-state index contributed by atoms with van der Waals surface area (Å²) in [5.74, 6) is -0.0466. The molecule has 0 aromatic heterocycles. The Morgan fingerprint density at radius 3 is 2.20 bits per heavy atom. The molecular weight excluding hydrogens is 268 g/mol. The number of benzene rings is 1. The third kappa shape index (κ3) is 3.01. The number of thiocarbonyl (C=S) groups is 1. The molecule has 3 nitrogen and oxygen atoms in total. The highest BCUT2D eigenvalue weighted by atomic mass is 32.1. The second-order valence-electron chi connectivity index (χ2n) is 5.84. The SMILES string of the molecule is Cc1cc(C)cc(NC(=O)C2(C(N)=S)CCCCC2)c1. The van der Waals surface area contributed by atoms with Crippen molar-refractivity contribution in [2.24, 2.45) is 11.1 Å². The topological polar surface area (TPSA) is 55.1 Å². The number of nitrogens with two attached hydrogens (primary N) is 1. The highest BCUT2D eigenvalue weighted by Gasteiger charge is 2.42. The molecule has 1 aliphatic rings. The molecule has 1 aromatic carbocycles. The number of amides is 1. The predicted molar refractivity (Wildman–Crippen MR) is 86.8 cm³/mol. The van der Waals surface area contributed by atoms with Crippen LogP contribution in [0.3, 0.4) is 0 Å². The molecule has 0 atom stereocenters. The lowest BCUT2D eigenvalue weighted by Gasteiger charge is -2.34. The average Bonchev–Trinajstić information content (AvgIpc) is 2.38. The molecule has 108 valence electrons. The van der Waals surface area contributed by atoms with Gasteiger partial charge in [-0.3, -0.25) is 4.79 Å². The minimum Gasteiger partial charge on any atom is -0.392 e. The molecule has 20 heavy (non-hydrogen) atoms. The van der Waals surface area contributed by atoms with Crippen molar-refractivity contribution in [3.05, 3.63) is 29.3 Å². The number of nitrogens with one attached hydrogen (secondary N) is 1. The summed E-state index contributed by atoms with van der Waals surface area (Å²) >= 11 is 5.19. The molecule has 0 unspecified atom stereocenters. The van der Waals surface area contributed by atoms with Crippen LogP contribution in [0.25, 0.3) is 0 Å². The summed E-state index contributed by atoms with van der Waals surface area (Å²) in [7, 11) is 0. The number of anilines is 1. The van der Waals surface area contributed by atoms with Crippen molar-refractivity contribution in [3.63, 3.8) is 0 Å². The Hall–Kier alpha value is -1.42. The second kappa shape index (κ2) is 5.92. The Balaban J connectivity index is 2.22. The molecule has 1 fully saturated rings. The minimum atomic E-state index is -0.661. The van der Waals surface area contributed by atoms with Crippen LogP contribution in [0.5, 0.6) is 0 Å². The monoisotopic (exact) mass is 290 g/mol. The quantitative estimate of drug-likeness (QED) is 0.838. The van der Waals surface area contributed by atoms with E-state index in [2.05, 4.69) is 11.4 Å². The van der Waals surface area contributed by atoms with Crippen LogP contribution in [-0.4, -0.2) is 10.9 Å². The van der Waals surface area contributed by atoms with Crippen molar-refractivity contribution < 1.29 is 4.79 Å². The Labute approximate surface area is 125 Å². The van der Waals surface area contributed by atoms with Gasteiger partial charge in [0.15, 0.2) is 0 Å². The van der Waals surface area contributed by atoms with Gasteiger partial charge in [-0.05, 0) is 49.9 Å². The lowest BCUT2D eigenvalue weighted by Crippen LogP contribution is -2.47. The van der Waals surface area contributed by atoms with Crippen molar-refractivity contribution in [2.45, 2.75) is 46.0 Å². The van der Waals surface area contributed by atoms with Gasteiger partial charge in [-0.2, -0.15) is 0 Å². The summed E-state index contributed by atoms with van der Waals surface area (Å²) in [6, 6.07) is 6.03. The number of hydrogen-bond acceptors (Lipinski definition) is 2. The summed E-state index contributed by atoms with van der Waals surface area (Å²) in [5, 5.41) is 3.01. The predicted octanol–water partition coefficient (Wildman–Crippen LogP) is 3.48. The van der Waals surface area contributed by atoms with Crippen LogP contribution in [0.4, 0.5) is 5.69 Å². The van der Waals surface area contributed by atoms with Gasteiger partial charge in [-0.1, -0.05) is 37.5 Å². The normalized spacial score (nSPS) is 17.5. The molecule has 0 spiro atoms. The van der Waals surface area contributed by atoms with Crippen LogP contribution in [0.15, 0.2) is 18.2 Å². The fraction of sp³-hybridized carbons (Fsp3) is 0.500. The first-order valence-electron chi connectivity index (χ1n) is 7.14. The van der Waals surface area contributed by atoms with Crippen LogP contribution >= 0.6 is 12.2 Å². The van der Waals surface area contributed by atoms with E-state index in [1.807, 2.05) is 26.0 Å². The lowest BCUT2D eigenvalue weighted by atomic mass is 9.73. The number of carbonyl (C=O) groups is 1. The van der Waals surface area contributed by atoms with E-state index in [0.29, 0.717) is 4.99 Å². The van der Waals surface area contributed by atoms with Gasteiger partial charge in [0.05, 0.1) is 10.4 Å². The van der Waals surface area contributed by atoms with E-state index in [1.54, 1.807) is 0 Å². The van der Waals surface area contributed by atoms with Gasteiger partial charge in [0.1, 0.15) is 0 Å². The molecule has 1 amide bonds. The zero-order valence-corrected chi connectivity index (χ0v) is 13.0. The van der Waals surface area contributed by atoms with Crippen LogP contribution in [0.2, 0.25) is 0 Å². The summed E-state index contributed by atoms with van der Waals surface area (Å²) in [4.78, 5) is 13.0. The first kappa shape index (κ1) is 15.0. The van der Waals surface area contributed by atoms with E-state index in [0.717, 1.165) is 48.9 Å². The van der Waals surface area contributed by atoms with Gasteiger partial charge < -0.3 is 11.1 Å². The first-order valence-corrected chi connectivity index (χ1v) is 7.54. The Morgan fingerprint density at radius 2 is 1.70 bits per heavy atom. The van der Waals surface area contributed by atoms with Gasteiger partial charge in [0, 0.05) is 5.69 Å². The maximum atomic E-state index is 12.7. The molecule has 4 heteroatoms. The number of carbonyl (C=O) groups excluding carboxylic acids is 1. The van der Waals surface area contributed by atoms with Crippen molar-refractivity contribution in [3.8, 4) is 0 Å². The van der Waals surface area contributed by atoms with Gasteiger partial charge in [0.2, 0.25) is 5.91 Å². The largest absolute Gasteiger partial charge is 0.392 e. The number of aryl methyl sites for hydroxylation is 2. The van der Waals surface area contributed by atoms with E-state index in [4.69, 9.17) is 18.0 Å². The van der Waals surface area contributed by atoms with Gasteiger partial charge in [-0.25, -0.2) is 0 Å². The fourth-order valence-corrected chi connectivity index (χ4v) is 3.34. The molecule has 0 bridgehead atoms. The van der Waals surface area contributed by atoms with Crippen molar-refractivity contribution in [1.29, 1.82) is 0 Å². The Morgan fingerprint density at radius 1 is 1.15 bits per heavy atom. The van der Waals surface area contributed by atoms with Crippen molar-refractivity contribution in [2.75, 3.05) is 5.32 Å². The van der Waals surface area contributed by atoms with Crippen molar-refractivity contribution >= 4 is 28.8 Å². The molecule has 2 rings (SSSR count). The van der Waals surface area contributed by atoms with Crippen LogP contribution in [0.1, 0.15) is 43.2 Å². The van der Waals surface area contributed by atoms with Crippen LogP contribution < -0.4 is 11.1 Å². The van der Waals surface area contributed by atoms with Gasteiger partial charge in [-0.15, -0.1) is 0 Å². The highest BCUT2D eigenvalue weighted by Crippen LogP contribution is 2.37. The standard InChI is InChI=1S/C16H22N2OS/c1-11-8-12(2)10-13(9-11)18-15(19)16(14(17)20)6-4-3-5-7-16/h8-10H,3-7H2,1-2H3,(H2,17,20)(H,18,19). The van der Waals surface area contributed by atoms with E-state index in [9.17, 15) is 4.79 Å². The number of hydrogen-bond donors (Lipinski definition) is 2. The number of rotatable bonds is 3. The maximum absolute atomic E-state index is 12.7. The summed E-state index contributed by atoms with van der Waals surface area (Å²) in [5.41, 5.74) is 8.32. The molecule has 1 saturated carbocycles. The van der Waals surface area contributed by atoms with Crippen LogP contribution in [0, 0.1) is 19.3 Å². The second-order valence-corrected chi connectivity index (χ2v) is 6.28. The van der Waals surface area contributed by atoms with E-state index in [-0.39, 0.29) is 5.91 Å². The maximum Gasteiger partial charge on any atom is 0.237 e. The van der Waals surface area contributed by atoms with Gasteiger partial charge >= 0.3 is 0 Å². The zero-order chi connectivity index (χ0) is 14.8. The van der Waals surface area contributed by atoms with E-state index >= 15 is 0 Å². The van der Waals surface area contributed by atoms with Gasteiger partial charge in [0.25, 0.3) is 0 Å². The molecule has 0 aliphatic heterocycles. The molecule has 1 aromatic rings. The van der Waals surface area contributed by atoms with E-state index < -0.39 is 5.41 Å². The Bertz CT molecular complexity index is 513. The first-order chi connectivity index (χ1) is 9.44. The van der Waals surface area contributed by atoms with Crippen molar-refractivity contribution in [1.82, 2.24) is 0 Å². The third-order valence-electron chi connectivity index (χ3n) is 4.09. The summed E-state index contributed by atoms with van der Waals surface area (Å²) < 4.78 is 0. The highest BCUT2D eigenvalue weighted by molar-refractivity contribution is 7.80. The molecule has 0 radical (unpaired) electrons. The summed E-state index contributed by atoms with van der Waals surface area (Å²) in [6.45, 7) is 4.04. The zero-order valence-electron chi connectivity index (χ0n) is 12.2. The molecule has 3 N–H and O–H groups in total. The van der Waals surface area contributed by atoms with Crippen LogP contribution in [-0.2, 0) is 4.79 Å². The molecule has 0 saturated heterocycles. The molecule has 0 heterocycles. The Kier molecular flexibility index (Phi) is 4.43. The van der Waals surface area contributed by atoms with E-state index in [1.165, 1.54) is 0 Å². The average molecular weight is 290 g/mol. The molecule has 1 aliphatic carbocycles. The molecular formula is C16H22N2OS. The third-order valence-corrected chi connectivity index (χ3v) is 4.48.